The Morgan fingerprint density at radius 3 is 1.69 bits per heavy atom. The Morgan fingerprint density at radius 1 is 0.392 bits per heavy atom. The SMILES string of the molecule is c1ccc(N(c2ccc3c(c2)-c2ccccc2C3(c2ccccc2)c2ccccc2)c2cccc3c2c2ccccc2n3-c2ccccc2)cc1. The second-order valence-corrected chi connectivity index (χ2v) is 13.3. The van der Waals surface area contributed by atoms with E-state index < -0.39 is 5.41 Å². The predicted octanol–water partition coefficient (Wildman–Crippen LogP) is 12.6. The van der Waals surface area contributed by atoms with E-state index in [0.29, 0.717) is 0 Å². The molecule has 0 saturated heterocycles. The fourth-order valence-corrected chi connectivity index (χ4v) is 8.62. The molecule has 0 radical (unpaired) electrons. The lowest BCUT2D eigenvalue weighted by molar-refractivity contribution is 0.768. The molecule has 1 aromatic heterocycles. The second kappa shape index (κ2) is 11.8. The largest absolute Gasteiger partial charge is 0.310 e. The Hall–Kier alpha value is -6.64. The predicted molar refractivity (Wildman–Crippen MR) is 213 cm³/mol. The number of hydrogen-bond acceptors (Lipinski definition) is 1. The molecular formula is C49H34N2. The third-order valence-electron chi connectivity index (χ3n) is 10.6. The van der Waals surface area contributed by atoms with Crippen LogP contribution >= 0.6 is 0 Å². The van der Waals surface area contributed by atoms with Crippen LogP contribution < -0.4 is 4.90 Å². The molecule has 0 atom stereocenters. The van der Waals surface area contributed by atoms with Crippen molar-refractivity contribution in [2.45, 2.75) is 5.41 Å². The Labute approximate surface area is 298 Å². The Bertz CT molecular complexity index is 2640. The topological polar surface area (TPSA) is 8.17 Å². The first-order valence-corrected chi connectivity index (χ1v) is 17.6. The molecule has 0 N–H and O–H groups in total. The molecule has 240 valence electrons. The number of aromatic nitrogens is 1. The maximum atomic E-state index is 2.44. The highest BCUT2D eigenvalue weighted by atomic mass is 15.1. The molecule has 10 rings (SSSR count). The van der Waals surface area contributed by atoms with E-state index in [9.17, 15) is 0 Å². The van der Waals surface area contributed by atoms with E-state index in [1.54, 1.807) is 0 Å². The standard InChI is InChI=1S/C49H34N2/c1-5-18-35(19-6-1)49(36-20-7-2-8-21-36)43-28-15-13-26-40(43)42-34-39(32-33-44(42)49)50(37-22-9-3-10-23-37)46-30-17-31-47-48(46)41-27-14-16-29-45(41)51(47)38-24-11-4-12-25-38/h1-34H. The lowest BCUT2D eigenvalue weighted by Crippen LogP contribution is -2.28. The lowest BCUT2D eigenvalue weighted by Gasteiger charge is -2.34. The smallest absolute Gasteiger partial charge is 0.0713 e. The van der Waals surface area contributed by atoms with E-state index in [2.05, 4.69) is 216 Å². The molecule has 0 spiro atoms. The zero-order valence-corrected chi connectivity index (χ0v) is 28.0. The number of benzene rings is 8. The fourth-order valence-electron chi connectivity index (χ4n) is 8.62. The Kier molecular flexibility index (Phi) is 6.75. The van der Waals surface area contributed by atoms with Gasteiger partial charge in [0.05, 0.1) is 22.1 Å². The number of fused-ring (bicyclic) bond motifs is 6. The summed E-state index contributed by atoms with van der Waals surface area (Å²) in [5.74, 6) is 0. The molecule has 1 heterocycles. The van der Waals surface area contributed by atoms with E-state index in [-0.39, 0.29) is 0 Å². The molecule has 2 heteroatoms. The summed E-state index contributed by atoms with van der Waals surface area (Å²) >= 11 is 0. The third-order valence-corrected chi connectivity index (χ3v) is 10.6. The Morgan fingerprint density at radius 2 is 0.961 bits per heavy atom. The molecule has 0 aliphatic heterocycles. The minimum atomic E-state index is -0.437. The molecular weight excluding hydrogens is 617 g/mol. The maximum Gasteiger partial charge on any atom is 0.0713 e. The van der Waals surface area contributed by atoms with Gasteiger partial charge in [0.25, 0.3) is 0 Å². The Balaban J connectivity index is 1.26. The van der Waals surface area contributed by atoms with Crippen molar-refractivity contribution in [1.82, 2.24) is 4.57 Å². The van der Waals surface area contributed by atoms with Gasteiger partial charge in [0.15, 0.2) is 0 Å². The normalized spacial score (nSPS) is 12.9. The quantitative estimate of drug-likeness (QED) is 0.174. The van der Waals surface area contributed by atoms with Crippen LogP contribution in [-0.2, 0) is 5.41 Å². The van der Waals surface area contributed by atoms with Crippen molar-refractivity contribution in [1.29, 1.82) is 0 Å². The van der Waals surface area contributed by atoms with Gasteiger partial charge >= 0.3 is 0 Å². The van der Waals surface area contributed by atoms with Crippen LogP contribution in [-0.4, -0.2) is 4.57 Å². The highest BCUT2D eigenvalue weighted by molar-refractivity contribution is 6.16. The summed E-state index contributed by atoms with van der Waals surface area (Å²) < 4.78 is 2.39. The van der Waals surface area contributed by atoms with Crippen molar-refractivity contribution in [3.05, 3.63) is 229 Å². The van der Waals surface area contributed by atoms with Crippen LogP contribution in [0.15, 0.2) is 206 Å². The van der Waals surface area contributed by atoms with Crippen LogP contribution in [0.1, 0.15) is 22.3 Å². The van der Waals surface area contributed by atoms with Gasteiger partial charge in [0.2, 0.25) is 0 Å². The molecule has 0 bridgehead atoms. The van der Waals surface area contributed by atoms with E-state index in [4.69, 9.17) is 0 Å². The monoisotopic (exact) mass is 650 g/mol. The minimum Gasteiger partial charge on any atom is -0.310 e. The minimum absolute atomic E-state index is 0.437. The van der Waals surface area contributed by atoms with Crippen molar-refractivity contribution in [3.8, 4) is 16.8 Å². The highest BCUT2D eigenvalue weighted by Crippen LogP contribution is 2.57. The van der Waals surface area contributed by atoms with Crippen molar-refractivity contribution in [3.63, 3.8) is 0 Å². The van der Waals surface area contributed by atoms with Gasteiger partial charge < -0.3 is 9.47 Å². The average molecular weight is 651 g/mol. The molecule has 51 heavy (non-hydrogen) atoms. The van der Waals surface area contributed by atoms with E-state index >= 15 is 0 Å². The highest BCUT2D eigenvalue weighted by Gasteiger charge is 2.46. The van der Waals surface area contributed by atoms with Crippen molar-refractivity contribution in [2.75, 3.05) is 4.90 Å². The van der Waals surface area contributed by atoms with Crippen molar-refractivity contribution < 1.29 is 0 Å². The van der Waals surface area contributed by atoms with Gasteiger partial charge in [-0.1, -0.05) is 152 Å². The molecule has 1 aliphatic rings. The van der Waals surface area contributed by atoms with Crippen LogP contribution in [0.3, 0.4) is 0 Å². The number of nitrogens with zero attached hydrogens (tertiary/aromatic N) is 2. The number of para-hydroxylation sites is 3. The second-order valence-electron chi connectivity index (χ2n) is 13.3. The first-order valence-electron chi connectivity index (χ1n) is 17.6. The fraction of sp³-hybridized carbons (Fsp3) is 0.0204. The van der Waals surface area contributed by atoms with E-state index in [1.807, 2.05) is 0 Å². The van der Waals surface area contributed by atoms with Crippen LogP contribution in [0.25, 0.3) is 38.6 Å². The molecule has 0 amide bonds. The van der Waals surface area contributed by atoms with Crippen molar-refractivity contribution in [2.24, 2.45) is 0 Å². The summed E-state index contributed by atoms with van der Waals surface area (Å²) in [4.78, 5) is 2.44. The molecule has 0 unspecified atom stereocenters. The van der Waals surface area contributed by atoms with E-state index in [1.165, 1.54) is 55.2 Å². The summed E-state index contributed by atoms with van der Waals surface area (Å²) in [6.45, 7) is 0. The summed E-state index contributed by atoms with van der Waals surface area (Å²) in [5.41, 5.74) is 14.2. The zero-order chi connectivity index (χ0) is 33.8. The molecule has 0 saturated carbocycles. The van der Waals surface area contributed by atoms with Crippen LogP contribution in [0.5, 0.6) is 0 Å². The number of anilines is 3. The molecule has 8 aromatic carbocycles. The first-order chi connectivity index (χ1) is 25.3. The van der Waals surface area contributed by atoms with Gasteiger partial charge in [-0.15, -0.1) is 0 Å². The van der Waals surface area contributed by atoms with Gasteiger partial charge in [-0.25, -0.2) is 0 Å². The van der Waals surface area contributed by atoms with Gasteiger partial charge in [-0.3, -0.25) is 0 Å². The van der Waals surface area contributed by atoms with Crippen LogP contribution in [0, 0.1) is 0 Å². The van der Waals surface area contributed by atoms with Crippen LogP contribution in [0.4, 0.5) is 17.1 Å². The summed E-state index contributed by atoms with van der Waals surface area (Å²) in [6, 6.07) is 75.1. The summed E-state index contributed by atoms with van der Waals surface area (Å²) in [7, 11) is 0. The van der Waals surface area contributed by atoms with E-state index in [0.717, 1.165) is 22.7 Å². The van der Waals surface area contributed by atoms with Gasteiger partial charge in [-0.05, 0) is 88.0 Å². The van der Waals surface area contributed by atoms with Crippen LogP contribution in [0.2, 0.25) is 0 Å². The number of rotatable bonds is 6. The van der Waals surface area contributed by atoms with Gasteiger partial charge in [0.1, 0.15) is 0 Å². The molecule has 9 aromatic rings. The third kappa shape index (κ3) is 4.36. The zero-order valence-electron chi connectivity index (χ0n) is 28.0. The van der Waals surface area contributed by atoms with Gasteiger partial charge in [0, 0.05) is 27.8 Å². The lowest BCUT2D eigenvalue weighted by atomic mass is 9.68. The summed E-state index contributed by atoms with van der Waals surface area (Å²) in [5, 5.41) is 2.45. The molecule has 0 fully saturated rings. The van der Waals surface area contributed by atoms with Gasteiger partial charge in [-0.2, -0.15) is 0 Å². The first kappa shape index (κ1) is 29.3. The summed E-state index contributed by atoms with van der Waals surface area (Å²) in [6.07, 6.45) is 0. The maximum absolute atomic E-state index is 2.44. The molecule has 1 aliphatic carbocycles. The average Bonchev–Trinajstić information content (AvgIpc) is 3.71. The molecule has 2 nitrogen and oxygen atoms in total. The number of hydrogen-bond donors (Lipinski definition) is 0. The van der Waals surface area contributed by atoms with Crippen molar-refractivity contribution >= 4 is 38.9 Å².